The molecule has 2 nitrogen and oxygen atoms in total. The summed E-state index contributed by atoms with van der Waals surface area (Å²) < 4.78 is 14.9. The van der Waals surface area contributed by atoms with Crippen LogP contribution in [0.2, 0.25) is 0 Å². The molecule has 2 aromatic carbocycles. The van der Waals surface area contributed by atoms with Crippen molar-refractivity contribution in [1.82, 2.24) is 4.90 Å². The lowest BCUT2D eigenvalue weighted by molar-refractivity contribution is 0.552. The molecule has 0 saturated carbocycles. The minimum Gasteiger partial charge on any atom is -0.366 e. The first kappa shape index (κ1) is 17.7. The van der Waals surface area contributed by atoms with E-state index >= 15 is 0 Å². The predicted molar refractivity (Wildman–Crippen MR) is 99.3 cm³/mol. The molecule has 0 bridgehead atoms. The average molecular weight is 377 g/mol. The molecule has 0 aliphatic heterocycles. The second-order valence-electron chi connectivity index (χ2n) is 5.81. The molecule has 0 fully saturated rings. The van der Waals surface area contributed by atoms with E-state index in [-0.39, 0.29) is 5.82 Å². The summed E-state index contributed by atoms with van der Waals surface area (Å²) in [5, 5.41) is 0. The van der Waals surface area contributed by atoms with Crippen LogP contribution < -0.4 is 0 Å². The fraction of sp³-hybridized carbons (Fsp3) is 0.316. The molecule has 4 heteroatoms. The number of benzene rings is 2. The molecule has 122 valence electrons. The Kier molecular flexibility index (Phi) is 5.94. The Hall–Kier alpha value is -1.68. The lowest BCUT2D eigenvalue weighted by Crippen LogP contribution is -2.14. The Balaban J connectivity index is 2.39. The quantitative estimate of drug-likeness (QED) is 0.503. The number of nitrogens with zero attached hydrogens (tertiary/aromatic N) is 2. The van der Waals surface area contributed by atoms with Crippen molar-refractivity contribution in [2.45, 2.75) is 27.2 Å². The lowest BCUT2D eigenvalue weighted by Gasteiger charge is -2.13. The van der Waals surface area contributed by atoms with Gasteiger partial charge < -0.3 is 4.90 Å². The minimum atomic E-state index is -0.214. The number of hydrogen-bond donors (Lipinski definition) is 0. The molecule has 0 N–H and O–H groups in total. The number of hydrogen-bond acceptors (Lipinski definition) is 1. The molecule has 0 unspecified atom stereocenters. The van der Waals surface area contributed by atoms with Gasteiger partial charge in [0, 0.05) is 18.1 Å². The maximum atomic E-state index is 13.8. The number of rotatable bonds is 5. The molecular formula is C19H22BrFN2. The molecule has 23 heavy (non-hydrogen) atoms. The Bertz CT molecular complexity index is 726. The normalized spacial score (nSPS) is 11.2. The predicted octanol–water partition coefficient (Wildman–Crippen LogP) is 5.41. The van der Waals surface area contributed by atoms with Crippen LogP contribution in [0, 0.1) is 19.7 Å². The maximum absolute atomic E-state index is 13.8. The van der Waals surface area contributed by atoms with Gasteiger partial charge in [-0.2, -0.15) is 0 Å². The van der Waals surface area contributed by atoms with Crippen molar-refractivity contribution in [3.63, 3.8) is 0 Å². The summed E-state index contributed by atoms with van der Waals surface area (Å²) in [6, 6.07) is 9.33. The van der Waals surface area contributed by atoms with Gasteiger partial charge in [0.05, 0.1) is 12.0 Å². The number of aliphatic imine (C=N–C) groups is 1. The molecular weight excluding hydrogens is 355 g/mol. The van der Waals surface area contributed by atoms with Crippen LogP contribution in [0.25, 0.3) is 0 Å². The highest BCUT2D eigenvalue weighted by molar-refractivity contribution is 9.10. The van der Waals surface area contributed by atoms with E-state index in [1.807, 2.05) is 24.9 Å². The second kappa shape index (κ2) is 7.73. The molecule has 2 aromatic rings. The highest BCUT2D eigenvalue weighted by Gasteiger charge is 2.09. The van der Waals surface area contributed by atoms with Gasteiger partial charge >= 0.3 is 0 Å². The van der Waals surface area contributed by atoms with Gasteiger partial charge in [-0.25, -0.2) is 9.38 Å². The van der Waals surface area contributed by atoms with Gasteiger partial charge in [0.25, 0.3) is 0 Å². The second-order valence-corrected chi connectivity index (χ2v) is 6.66. The zero-order valence-corrected chi connectivity index (χ0v) is 15.6. The van der Waals surface area contributed by atoms with Gasteiger partial charge in [0.2, 0.25) is 0 Å². The molecule has 0 saturated heterocycles. The standard InChI is InChI=1S/C19H22BrFN2/c1-5-23(4)12-22-19-14(3)9-17(21)11-16(19)10-15-6-7-18(20)13(2)8-15/h6-9,11-12H,5,10H2,1-4H3. The van der Waals surface area contributed by atoms with Crippen molar-refractivity contribution in [2.24, 2.45) is 4.99 Å². The van der Waals surface area contributed by atoms with Crippen molar-refractivity contribution >= 4 is 28.0 Å². The van der Waals surface area contributed by atoms with E-state index in [1.54, 1.807) is 12.4 Å². The molecule has 0 atom stereocenters. The topological polar surface area (TPSA) is 15.6 Å². The third kappa shape index (κ3) is 4.64. The van der Waals surface area contributed by atoms with Crippen LogP contribution in [-0.2, 0) is 6.42 Å². The Morgan fingerprint density at radius 1 is 1.17 bits per heavy atom. The zero-order valence-electron chi connectivity index (χ0n) is 14.0. The highest BCUT2D eigenvalue weighted by Crippen LogP contribution is 2.28. The molecule has 0 aromatic heterocycles. The van der Waals surface area contributed by atoms with Crippen molar-refractivity contribution in [2.75, 3.05) is 13.6 Å². The zero-order chi connectivity index (χ0) is 17.0. The third-order valence-electron chi connectivity index (χ3n) is 3.84. The molecule has 0 radical (unpaired) electrons. The summed E-state index contributed by atoms with van der Waals surface area (Å²) in [6.07, 6.45) is 2.46. The molecule has 0 aliphatic carbocycles. The van der Waals surface area contributed by atoms with E-state index in [1.165, 1.54) is 11.6 Å². The van der Waals surface area contributed by atoms with Crippen LogP contribution in [0.4, 0.5) is 10.1 Å². The van der Waals surface area contributed by atoms with Gasteiger partial charge in [-0.05, 0) is 67.6 Å². The first-order valence-electron chi connectivity index (χ1n) is 7.69. The monoisotopic (exact) mass is 376 g/mol. The van der Waals surface area contributed by atoms with Crippen LogP contribution >= 0.6 is 15.9 Å². The van der Waals surface area contributed by atoms with Crippen LogP contribution in [0.5, 0.6) is 0 Å². The van der Waals surface area contributed by atoms with Crippen molar-refractivity contribution < 1.29 is 4.39 Å². The van der Waals surface area contributed by atoms with Gasteiger partial charge in [0.1, 0.15) is 5.82 Å². The average Bonchev–Trinajstić information content (AvgIpc) is 2.49. The SMILES string of the molecule is CCN(C)C=Nc1c(C)cc(F)cc1Cc1ccc(Br)c(C)c1. The molecule has 0 heterocycles. The van der Waals surface area contributed by atoms with E-state index in [4.69, 9.17) is 0 Å². The van der Waals surface area contributed by atoms with Crippen molar-refractivity contribution in [3.05, 3.63) is 62.9 Å². The van der Waals surface area contributed by atoms with Gasteiger partial charge in [0.15, 0.2) is 0 Å². The Labute approximate surface area is 146 Å². The van der Waals surface area contributed by atoms with E-state index < -0.39 is 0 Å². The van der Waals surface area contributed by atoms with Crippen LogP contribution in [0.3, 0.4) is 0 Å². The van der Waals surface area contributed by atoms with Crippen LogP contribution in [0.1, 0.15) is 29.2 Å². The van der Waals surface area contributed by atoms with Crippen molar-refractivity contribution in [3.8, 4) is 0 Å². The Morgan fingerprint density at radius 2 is 1.91 bits per heavy atom. The summed E-state index contributed by atoms with van der Waals surface area (Å²) in [5.41, 5.74) is 4.94. The smallest absolute Gasteiger partial charge is 0.123 e. The number of aryl methyl sites for hydroxylation is 2. The lowest BCUT2D eigenvalue weighted by atomic mass is 9.99. The Morgan fingerprint density at radius 3 is 2.57 bits per heavy atom. The van der Waals surface area contributed by atoms with Gasteiger partial charge in [-0.3, -0.25) is 0 Å². The van der Waals surface area contributed by atoms with Gasteiger partial charge in [-0.15, -0.1) is 0 Å². The molecule has 0 amide bonds. The highest BCUT2D eigenvalue weighted by atomic mass is 79.9. The summed E-state index contributed by atoms with van der Waals surface area (Å²) in [6.45, 7) is 6.90. The first-order valence-corrected chi connectivity index (χ1v) is 8.48. The fourth-order valence-corrected chi connectivity index (χ4v) is 2.65. The summed E-state index contributed by atoms with van der Waals surface area (Å²) in [4.78, 5) is 6.58. The van der Waals surface area contributed by atoms with E-state index in [0.29, 0.717) is 6.42 Å². The fourth-order valence-electron chi connectivity index (χ4n) is 2.40. The summed E-state index contributed by atoms with van der Waals surface area (Å²) in [7, 11) is 1.97. The van der Waals surface area contributed by atoms with E-state index in [9.17, 15) is 4.39 Å². The van der Waals surface area contributed by atoms with Crippen LogP contribution in [-0.4, -0.2) is 24.8 Å². The van der Waals surface area contributed by atoms with E-state index in [2.05, 4.69) is 46.9 Å². The largest absolute Gasteiger partial charge is 0.366 e. The molecule has 0 spiro atoms. The maximum Gasteiger partial charge on any atom is 0.123 e. The first-order chi connectivity index (χ1) is 10.9. The number of halogens is 2. The minimum absolute atomic E-state index is 0.214. The van der Waals surface area contributed by atoms with Crippen molar-refractivity contribution in [1.29, 1.82) is 0 Å². The summed E-state index contributed by atoms with van der Waals surface area (Å²) in [5.74, 6) is -0.214. The third-order valence-corrected chi connectivity index (χ3v) is 4.73. The van der Waals surface area contributed by atoms with Gasteiger partial charge in [-0.1, -0.05) is 28.1 Å². The molecule has 2 rings (SSSR count). The summed E-state index contributed by atoms with van der Waals surface area (Å²) >= 11 is 3.51. The van der Waals surface area contributed by atoms with E-state index in [0.717, 1.165) is 33.4 Å². The van der Waals surface area contributed by atoms with Crippen LogP contribution in [0.15, 0.2) is 39.8 Å². The molecule has 0 aliphatic rings.